The second-order valence-electron chi connectivity index (χ2n) is 6.38. The minimum absolute atomic E-state index is 0.00825. The molecule has 4 heteroatoms. The predicted octanol–water partition coefficient (Wildman–Crippen LogP) is 4.48. The van der Waals surface area contributed by atoms with Gasteiger partial charge in [0.15, 0.2) is 0 Å². The highest BCUT2D eigenvalue weighted by Gasteiger charge is 2.23. The Morgan fingerprint density at radius 1 is 1.00 bits per heavy atom. The predicted molar refractivity (Wildman–Crippen MR) is 103 cm³/mol. The Kier molecular flexibility index (Phi) is 4.84. The Bertz CT molecular complexity index is 892. The van der Waals surface area contributed by atoms with Crippen LogP contribution in [0.4, 0.5) is 0 Å². The molecule has 1 aromatic heterocycles. The van der Waals surface area contributed by atoms with Crippen LogP contribution in [0.25, 0.3) is 22.5 Å². The number of benzene rings is 2. The molecule has 0 saturated heterocycles. The molecule has 3 aromatic rings. The summed E-state index contributed by atoms with van der Waals surface area (Å²) < 4.78 is 8.08. The molecule has 1 heterocycles. The van der Waals surface area contributed by atoms with Gasteiger partial charge < -0.3 is 14.4 Å². The molecule has 0 radical (unpaired) electrons. The second-order valence-corrected chi connectivity index (χ2v) is 6.38. The van der Waals surface area contributed by atoms with Crippen molar-refractivity contribution >= 4 is 0 Å². The number of rotatable bonds is 6. The summed E-state index contributed by atoms with van der Waals surface area (Å²) >= 11 is 0. The second kappa shape index (κ2) is 7.58. The number of nitrogens with zero attached hydrogens (tertiary/aromatic N) is 2. The van der Waals surface area contributed by atoms with E-state index in [0.29, 0.717) is 6.04 Å². The molecular weight excluding hydrogens is 324 g/mol. The zero-order valence-electron chi connectivity index (χ0n) is 14.6. The highest BCUT2D eigenvalue weighted by Crippen LogP contribution is 2.40. The minimum Gasteiger partial charge on any atom is -0.490 e. The first-order valence-corrected chi connectivity index (χ1v) is 8.99. The van der Waals surface area contributed by atoms with Crippen LogP contribution in [0.15, 0.2) is 73.1 Å². The lowest BCUT2D eigenvalue weighted by molar-refractivity contribution is 0.202. The fourth-order valence-corrected chi connectivity index (χ4v) is 3.49. The van der Waals surface area contributed by atoms with Gasteiger partial charge in [0.1, 0.15) is 12.4 Å². The van der Waals surface area contributed by atoms with Crippen LogP contribution >= 0.6 is 0 Å². The third-order valence-corrected chi connectivity index (χ3v) is 4.71. The Balaban J connectivity index is 1.87. The standard InChI is InChI=1S/C22H22N2O2/c25-14-15-26-20-13-7-6-12-19(20)22-21(17-8-2-1-3-9-17)23-16-24(22)18-10-4-5-11-18/h1-9,12-13,16,18,25H,10-11,14-15H2. The molecule has 1 N–H and O–H groups in total. The first-order valence-electron chi connectivity index (χ1n) is 8.99. The lowest BCUT2D eigenvalue weighted by Gasteiger charge is -2.19. The van der Waals surface area contributed by atoms with Gasteiger partial charge in [0.2, 0.25) is 0 Å². The van der Waals surface area contributed by atoms with Crippen LogP contribution in [0.3, 0.4) is 0 Å². The molecule has 0 unspecified atom stereocenters. The first-order chi connectivity index (χ1) is 12.9. The molecule has 4 nitrogen and oxygen atoms in total. The van der Waals surface area contributed by atoms with Crippen LogP contribution in [0.2, 0.25) is 0 Å². The number of para-hydroxylation sites is 1. The Morgan fingerprint density at radius 2 is 1.73 bits per heavy atom. The lowest BCUT2D eigenvalue weighted by Crippen LogP contribution is -2.08. The third-order valence-electron chi connectivity index (χ3n) is 4.71. The van der Waals surface area contributed by atoms with Crippen molar-refractivity contribution in [2.75, 3.05) is 13.2 Å². The fraction of sp³-hybridized carbons (Fsp3) is 0.227. The van der Waals surface area contributed by atoms with Gasteiger partial charge in [0.25, 0.3) is 0 Å². The molecule has 1 aliphatic rings. The van der Waals surface area contributed by atoms with Crippen molar-refractivity contribution < 1.29 is 9.84 Å². The van der Waals surface area contributed by atoms with E-state index in [1.807, 2.05) is 42.7 Å². The van der Waals surface area contributed by atoms with E-state index in [4.69, 9.17) is 14.8 Å². The van der Waals surface area contributed by atoms with Crippen molar-refractivity contribution in [2.45, 2.75) is 18.9 Å². The van der Waals surface area contributed by atoms with E-state index in [1.54, 1.807) is 0 Å². The summed E-state index contributed by atoms with van der Waals surface area (Å²) in [6.07, 6.45) is 8.42. The van der Waals surface area contributed by atoms with Crippen LogP contribution in [-0.4, -0.2) is 27.9 Å². The molecule has 0 spiro atoms. The van der Waals surface area contributed by atoms with Crippen LogP contribution in [-0.2, 0) is 0 Å². The molecule has 0 aliphatic heterocycles. The average molecular weight is 346 g/mol. The molecule has 0 bridgehead atoms. The molecule has 1 aliphatic carbocycles. The van der Waals surface area contributed by atoms with E-state index < -0.39 is 0 Å². The summed E-state index contributed by atoms with van der Waals surface area (Å²) in [5, 5.41) is 9.16. The fourth-order valence-electron chi connectivity index (χ4n) is 3.49. The molecule has 0 atom stereocenters. The Morgan fingerprint density at radius 3 is 2.50 bits per heavy atom. The third kappa shape index (κ3) is 3.16. The molecule has 0 saturated carbocycles. The van der Waals surface area contributed by atoms with Crippen LogP contribution < -0.4 is 4.74 Å². The normalized spacial score (nSPS) is 14.0. The van der Waals surface area contributed by atoms with Gasteiger partial charge in [-0.15, -0.1) is 0 Å². The van der Waals surface area contributed by atoms with Gasteiger partial charge >= 0.3 is 0 Å². The monoisotopic (exact) mass is 346 g/mol. The van der Waals surface area contributed by atoms with Crippen molar-refractivity contribution in [2.24, 2.45) is 0 Å². The molecule has 2 aromatic carbocycles. The maximum absolute atomic E-state index is 9.16. The average Bonchev–Trinajstić information content (AvgIpc) is 3.36. The van der Waals surface area contributed by atoms with E-state index in [0.717, 1.165) is 41.1 Å². The lowest BCUT2D eigenvalue weighted by atomic mass is 10.0. The maximum Gasteiger partial charge on any atom is 0.128 e. The SMILES string of the molecule is OCCOc1ccccc1-c1c(-c2ccccc2)ncn1C1CC=CC1. The van der Waals surface area contributed by atoms with Crippen LogP contribution in [0, 0.1) is 0 Å². The topological polar surface area (TPSA) is 47.3 Å². The van der Waals surface area contributed by atoms with Gasteiger partial charge in [0.05, 0.1) is 24.3 Å². The summed E-state index contributed by atoms with van der Waals surface area (Å²) in [4.78, 5) is 4.76. The maximum atomic E-state index is 9.16. The highest BCUT2D eigenvalue weighted by atomic mass is 16.5. The van der Waals surface area contributed by atoms with Gasteiger partial charge in [0, 0.05) is 17.2 Å². The summed E-state index contributed by atoms with van der Waals surface area (Å²) in [6, 6.07) is 18.6. The quantitative estimate of drug-likeness (QED) is 0.670. The zero-order chi connectivity index (χ0) is 17.8. The van der Waals surface area contributed by atoms with Crippen LogP contribution in [0.1, 0.15) is 18.9 Å². The van der Waals surface area contributed by atoms with Gasteiger partial charge in [-0.05, 0) is 25.0 Å². The summed E-state index contributed by atoms with van der Waals surface area (Å²) in [5.41, 5.74) is 4.12. The number of allylic oxidation sites excluding steroid dienone is 2. The molecule has 0 fully saturated rings. The van der Waals surface area contributed by atoms with Crippen molar-refractivity contribution in [3.63, 3.8) is 0 Å². The molecule has 4 rings (SSSR count). The van der Waals surface area contributed by atoms with Crippen molar-refractivity contribution in [3.8, 4) is 28.3 Å². The number of hydrogen-bond donors (Lipinski definition) is 1. The zero-order valence-corrected chi connectivity index (χ0v) is 14.6. The Labute approximate surface area is 153 Å². The molecular formula is C22H22N2O2. The van der Waals surface area contributed by atoms with Crippen LogP contribution in [0.5, 0.6) is 5.75 Å². The smallest absolute Gasteiger partial charge is 0.128 e. The molecule has 26 heavy (non-hydrogen) atoms. The number of hydrogen-bond acceptors (Lipinski definition) is 3. The number of aliphatic hydroxyl groups excluding tert-OH is 1. The summed E-state index contributed by atoms with van der Waals surface area (Å²) in [5.74, 6) is 0.770. The number of aromatic nitrogens is 2. The van der Waals surface area contributed by atoms with Crippen molar-refractivity contribution in [3.05, 3.63) is 73.1 Å². The van der Waals surface area contributed by atoms with Gasteiger partial charge in [-0.25, -0.2) is 4.98 Å². The largest absolute Gasteiger partial charge is 0.490 e. The molecule has 0 amide bonds. The number of ether oxygens (including phenoxy) is 1. The summed E-state index contributed by atoms with van der Waals surface area (Å²) in [7, 11) is 0. The molecule has 132 valence electrons. The number of imidazole rings is 1. The van der Waals surface area contributed by atoms with Gasteiger partial charge in [-0.2, -0.15) is 0 Å². The van der Waals surface area contributed by atoms with E-state index in [9.17, 15) is 0 Å². The van der Waals surface area contributed by atoms with Crippen molar-refractivity contribution in [1.82, 2.24) is 9.55 Å². The van der Waals surface area contributed by atoms with E-state index >= 15 is 0 Å². The van der Waals surface area contributed by atoms with E-state index in [-0.39, 0.29) is 13.2 Å². The van der Waals surface area contributed by atoms with Gasteiger partial charge in [-0.3, -0.25) is 0 Å². The van der Waals surface area contributed by atoms with Crippen molar-refractivity contribution in [1.29, 1.82) is 0 Å². The minimum atomic E-state index is -0.00825. The first kappa shape index (κ1) is 16.6. The van der Waals surface area contributed by atoms with E-state index in [1.165, 1.54) is 0 Å². The summed E-state index contributed by atoms with van der Waals surface area (Å²) in [6.45, 7) is 0.266. The Hall–Kier alpha value is -2.85. The number of aliphatic hydroxyl groups is 1. The highest BCUT2D eigenvalue weighted by molar-refractivity contribution is 5.81. The van der Waals surface area contributed by atoms with E-state index in [2.05, 4.69) is 34.9 Å². The van der Waals surface area contributed by atoms with Gasteiger partial charge in [-0.1, -0.05) is 54.6 Å².